The molecule has 1 heterocycles. The largest absolute Gasteiger partial charge is 0.295 e. The minimum absolute atomic E-state index is 0.0965. The molecule has 0 unspecified atom stereocenters. The highest BCUT2D eigenvalue weighted by Gasteiger charge is 2.12. The lowest BCUT2D eigenvalue weighted by atomic mass is 10.0. The molecule has 1 aromatic heterocycles. The van der Waals surface area contributed by atoms with Gasteiger partial charge in [0, 0.05) is 23.4 Å². The summed E-state index contributed by atoms with van der Waals surface area (Å²) in [4.78, 5) is 11.3. The topological polar surface area (TPSA) is 34.9 Å². The molecule has 0 radical (unpaired) electrons. The number of Topliss-reactive ketones (excluding diaryl/α,β-unsaturated/α-hetero) is 1. The van der Waals surface area contributed by atoms with Crippen LogP contribution in [0.25, 0.3) is 11.1 Å². The van der Waals surface area contributed by atoms with Crippen molar-refractivity contribution in [3.05, 3.63) is 41.2 Å². The summed E-state index contributed by atoms with van der Waals surface area (Å²) in [7, 11) is 0. The lowest BCUT2D eigenvalue weighted by Crippen LogP contribution is -1.98. The number of carbonyl (C=O) groups excluding carboxylic acids is 1. The second-order valence-corrected chi connectivity index (χ2v) is 4.50. The predicted molar refractivity (Wildman–Crippen MR) is 72.8 cm³/mol. The van der Waals surface area contributed by atoms with E-state index in [9.17, 15) is 4.79 Å². The fraction of sp³-hybridized carbons (Fsp3) is 0.333. The Balaban J connectivity index is 2.49. The molecule has 1 aromatic carbocycles. The van der Waals surface area contributed by atoms with Gasteiger partial charge in [0.05, 0.1) is 5.69 Å². The molecule has 0 saturated carbocycles. The molecule has 94 valence electrons. The van der Waals surface area contributed by atoms with E-state index >= 15 is 0 Å². The Morgan fingerprint density at radius 1 is 1.22 bits per heavy atom. The van der Waals surface area contributed by atoms with Crippen LogP contribution in [0, 0.1) is 13.8 Å². The second-order valence-electron chi connectivity index (χ2n) is 4.50. The number of aryl methyl sites for hydroxylation is 2. The minimum atomic E-state index is 0.0965. The monoisotopic (exact) mass is 242 g/mol. The highest BCUT2D eigenvalue weighted by Crippen LogP contribution is 2.27. The number of hydrogen-bond acceptors (Lipinski definition) is 2. The Bertz CT molecular complexity index is 579. The molecule has 3 heteroatoms. The molecule has 0 saturated heterocycles. The zero-order valence-electron chi connectivity index (χ0n) is 11.3. The van der Waals surface area contributed by atoms with Crippen molar-refractivity contribution in [3.8, 4) is 11.1 Å². The van der Waals surface area contributed by atoms with Crippen LogP contribution in [-0.2, 0) is 6.54 Å². The first-order chi connectivity index (χ1) is 8.54. The lowest BCUT2D eigenvalue weighted by Gasteiger charge is -2.04. The minimum Gasteiger partial charge on any atom is -0.295 e. The van der Waals surface area contributed by atoms with Gasteiger partial charge in [0.1, 0.15) is 0 Å². The number of benzene rings is 1. The van der Waals surface area contributed by atoms with E-state index < -0.39 is 0 Å². The van der Waals surface area contributed by atoms with Crippen LogP contribution >= 0.6 is 0 Å². The molecule has 0 atom stereocenters. The number of hydrogen-bond donors (Lipinski definition) is 0. The molecule has 0 amide bonds. The molecule has 0 aliphatic rings. The van der Waals surface area contributed by atoms with E-state index in [2.05, 4.69) is 18.9 Å². The Hall–Kier alpha value is -1.90. The first kappa shape index (κ1) is 12.6. The van der Waals surface area contributed by atoms with Gasteiger partial charge in [-0.25, -0.2) is 0 Å². The second kappa shape index (κ2) is 4.77. The Morgan fingerprint density at radius 3 is 2.28 bits per heavy atom. The Kier molecular flexibility index (Phi) is 3.32. The van der Waals surface area contributed by atoms with Gasteiger partial charge < -0.3 is 0 Å². The SMILES string of the molecule is CCn1nc(C)c(-c2ccc(C(C)=O)cc2)c1C. The average molecular weight is 242 g/mol. The third-order valence-corrected chi connectivity index (χ3v) is 3.26. The summed E-state index contributed by atoms with van der Waals surface area (Å²) in [6.07, 6.45) is 0. The van der Waals surface area contributed by atoms with Crippen molar-refractivity contribution in [1.82, 2.24) is 9.78 Å². The quantitative estimate of drug-likeness (QED) is 0.773. The van der Waals surface area contributed by atoms with Crippen molar-refractivity contribution in [1.29, 1.82) is 0 Å². The Labute approximate surface area is 107 Å². The zero-order chi connectivity index (χ0) is 13.3. The maximum Gasteiger partial charge on any atom is 0.159 e. The number of aromatic nitrogens is 2. The summed E-state index contributed by atoms with van der Waals surface area (Å²) < 4.78 is 2.00. The van der Waals surface area contributed by atoms with Crippen molar-refractivity contribution in [2.45, 2.75) is 34.2 Å². The van der Waals surface area contributed by atoms with E-state index in [1.165, 1.54) is 11.3 Å². The molecule has 0 N–H and O–H groups in total. The molecular formula is C15H18N2O. The van der Waals surface area contributed by atoms with E-state index in [1.807, 2.05) is 35.9 Å². The molecular weight excluding hydrogens is 224 g/mol. The first-order valence-electron chi connectivity index (χ1n) is 6.20. The molecule has 0 bridgehead atoms. The molecule has 2 aromatic rings. The van der Waals surface area contributed by atoms with Gasteiger partial charge in [-0.05, 0) is 33.3 Å². The predicted octanol–water partition coefficient (Wildman–Crippen LogP) is 3.39. The van der Waals surface area contributed by atoms with Gasteiger partial charge in [0.25, 0.3) is 0 Å². The number of ketones is 1. The van der Waals surface area contributed by atoms with Gasteiger partial charge in [0.15, 0.2) is 5.78 Å². The fourth-order valence-corrected chi connectivity index (χ4v) is 2.29. The van der Waals surface area contributed by atoms with Crippen molar-refractivity contribution < 1.29 is 4.79 Å². The molecule has 0 spiro atoms. The van der Waals surface area contributed by atoms with Gasteiger partial charge in [0.2, 0.25) is 0 Å². The van der Waals surface area contributed by atoms with Gasteiger partial charge in [-0.1, -0.05) is 24.3 Å². The summed E-state index contributed by atoms with van der Waals surface area (Å²) in [5.41, 5.74) is 5.24. The first-order valence-corrected chi connectivity index (χ1v) is 6.20. The van der Waals surface area contributed by atoms with Gasteiger partial charge >= 0.3 is 0 Å². The molecule has 0 fully saturated rings. The van der Waals surface area contributed by atoms with E-state index in [0.29, 0.717) is 0 Å². The summed E-state index contributed by atoms with van der Waals surface area (Å²) in [5, 5.41) is 4.51. The van der Waals surface area contributed by atoms with E-state index in [1.54, 1.807) is 6.92 Å². The molecule has 18 heavy (non-hydrogen) atoms. The summed E-state index contributed by atoms with van der Waals surface area (Å²) >= 11 is 0. The van der Waals surface area contributed by atoms with Crippen LogP contribution in [0.4, 0.5) is 0 Å². The van der Waals surface area contributed by atoms with Gasteiger partial charge in [-0.15, -0.1) is 0 Å². The van der Waals surface area contributed by atoms with E-state index in [0.717, 1.165) is 23.4 Å². The zero-order valence-corrected chi connectivity index (χ0v) is 11.3. The van der Waals surface area contributed by atoms with Crippen LogP contribution in [0.2, 0.25) is 0 Å². The number of carbonyl (C=O) groups is 1. The highest BCUT2D eigenvalue weighted by molar-refractivity contribution is 5.94. The molecule has 2 rings (SSSR count). The van der Waals surface area contributed by atoms with E-state index in [-0.39, 0.29) is 5.78 Å². The number of nitrogens with zero attached hydrogens (tertiary/aromatic N) is 2. The summed E-state index contributed by atoms with van der Waals surface area (Å²) in [6, 6.07) is 7.74. The summed E-state index contributed by atoms with van der Waals surface area (Å²) in [5.74, 6) is 0.0965. The van der Waals surface area contributed by atoms with Gasteiger partial charge in [-0.3, -0.25) is 9.48 Å². The van der Waals surface area contributed by atoms with Crippen LogP contribution in [-0.4, -0.2) is 15.6 Å². The molecule has 0 aliphatic heterocycles. The standard InChI is InChI=1S/C15H18N2O/c1-5-17-11(3)15(10(2)16-17)14-8-6-13(7-9-14)12(4)18/h6-9H,5H2,1-4H3. The van der Waals surface area contributed by atoms with Gasteiger partial charge in [-0.2, -0.15) is 5.10 Å². The van der Waals surface area contributed by atoms with Crippen LogP contribution in [0.5, 0.6) is 0 Å². The molecule has 3 nitrogen and oxygen atoms in total. The van der Waals surface area contributed by atoms with Crippen molar-refractivity contribution in [3.63, 3.8) is 0 Å². The lowest BCUT2D eigenvalue weighted by molar-refractivity contribution is 0.101. The smallest absolute Gasteiger partial charge is 0.159 e. The third-order valence-electron chi connectivity index (χ3n) is 3.26. The van der Waals surface area contributed by atoms with Crippen molar-refractivity contribution >= 4 is 5.78 Å². The Morgan fingerprint density at radius 2 is 1.83 bits per heavy atom. The maximum absolute atomic E-state index is 11.3. The van der Waals surface area contributed by atoms with Crippen LogP contribution in [0.15, 0.2) is 24.3 Å². The number of rotatable bonds is 3. The average Bonchev–Trinajstić information content (AvgIpc) is 2.64. The summed E-state index contributed by atoms with van der Waals surface area (Å²) in [6.45, 7) is 8.64. The van der Waals surface area contributed by atoms with Crippen LogP contribution < -0.4 is 0 Å². The van der Waals surface area contributed by atoms with Crippen LogP contribution in [0.3, 0.4) is 0 Å². The highest BCUT2D eigenvalue weighted by atomic mass is 16.1. The fourth-order valence-electron chi connectivity index (χ4n) is 2.29. The van der Waals surface area contributed by atoms with E-state index in [4.69, 9.17) is 0 Å². The third kappa shape index (κ3) is 2.08. The molecule has 0 aliphatic carbocycles. The van der Waals surface area contributed by atoms with Crippen LogP contribution in [0.1, 0.15) is 35.6 Å². The normalized spacial score (nSPS) is 10.7. The maximum atomic E-state index is 11.3. The van der Waals surface area contributed by atoms with Crippen molar-refractivity contribution in [2.24, 2.45) is 0 Å². The van der Waals surface area contributed by atoms with Crippen molar-refractivity contribution in [2.75, 3.05) is 0 Å².